The summed E-state index contributed by atoms with van der Waals surface area (Å²) in [6, 6.07) is 13.0. The summed E-state index contributed by atoms with van der Waals surface area (Å²) in [5.41, 5.74) is 4.51. The third-order valence-electron chi connectivity index (χ3n) is 2.95. The summed E-state index contributed by atoms with van der Waals surface area (Å²) < 4.78 is 5.77. The lowest BCUT2D eigenvalue weighted by atomic mass is 10.2. The number of hydrogen-bond donors (Lipinski definition) is 3. The Labute approximate surface area is 150 Å². The second kappa shape index (κ2) is 8.72. The molecule has 7 heteroatoms. The minimum Gasteiger partial charge on any atom is -0.489 e. The normalized spacial score (nSPS) is 10.6. The van der Waals surface area contributed by atoms with Crippen molar-refractivity contribution in [1.82, 2.24) is 10.7 Å². The third kappa shape index (κ3) is 5.39. The molecule has 2 aromatic rings. The van der Waals surface area contributed by atoms with E-state index < -0.39 is 0 Å². The number of halogens is 2. The molecule has 0 aliphatic rings. The Kier molecular flexibility index (Phi) is 6.65. The van der Waals surface area contributed by atoms with E-state index in [9.17, 15) is 0 Å². The molecule has 23 heavy (non-hydrogen) atoms. The molecule has 0 aliphatic carbocycles. The minimum absolute atomic E-state index is 0.303. The maximum Gasteiger partial charge on any atom is 0.223 e. The van der Waals surface area contributed by atoms with Gasteiger partial charge in [0.15, 0.2) is 6.21 Å². The van der Waals surface area contributed by atoms with Crippen molar-refractivity contribution in [2.75, 3.05) is 7.05 Å². The molecule has 4 nitrogen and oxygen atoms in total. The molecule has 0 unspecified atom stereocenters. The summed E-state index contributed by atoms with van der Waals surface area (Å²) in [5, 5.41) is 7.38. The molecular formula is C16H16Cl2N3OS+. The molecule has 2 rings (SSSR count). The number of rotatable bonds is 5. The molecule has 0 fully saturated rings. The molecule has 0 bridgehead atoms. The van der Waals surface area contributed by atoms with Crippen molar-refractivity contribution in [3.8, 4) is 5.75 Å². The maximum atomic E-state index is 6.13. The van der Waals surface area contributed by atoms with Gasteiger partial charge in [0.2, 0.25) is 5.11 Å². The highest BCUT2D eigenvalue weighted by Gasteiger charge is 2.06. The third-order valence-corrected chi connectivity index (χ3v) is 3.97. The zero-order valence-electron chi connectivity index (χ0n) is 12.4. The van der Waals surface area contributed by atoms with Crippen LogP contribution in [-0.2, 0) is 6.61 Å². The smallest absolute Gasteiger partial charge is 0.223 e. The molecule has 120 valence electrons. The number of hydrazine groups is 1. The highest BCUT2D eigenvalue weighted by atomic mass is 35.5. The van der Waals surface area contributed by atoms with Crippen LogP contribution in [-0.4, -0.2) is 18.4 Å². The van der Waals surface area contributed by atoms with Gasteiger partial charge in [0, 0.05) is 28.2 Å². The molecule has 0 saturated carbocycles. The van der Waals surface area contributed by atoms with Gasteiger partial charge in [-0.25, -0.2) is 0 Å². The SMILES string of the molecule is CNC(=S)N[NH+]=Cc1cccc(OCc2c(Cl)cccc2Cl)c1. The quantitative estimate of drug-likeness (QED) is 0.429. The van der Waals surface area contributed by atoms with E-state index in [4.69, 9.17) is 40.2 Å². The lowest BCUT2D eigenvalue weighted by molar-refractivity contribution is -0.500. The molecule has 0 aromatic heterocycles. The van der Waals surface area contributed by atoms with Gasteiger partial charge in [0.05, 0.1) is 0 Å². The first-order valence-corrected chi connectivity index (χ1v) is 7.99. The predicted octanol–water partition coefficient (Wildman–Crippen LogP) is 2.08. The Balaban J connectivity index is 2.01. The fraction of sp³-hybridized carbons (Fsp3) is 0.125. The zero-order valence-corrected chi connectivity index (χ0v) is 14.7. The van der Waals surface area contributed by atoms with Crippen LogP contribution in [0.25, 0.3) is 0 Å². The number of ether oxygens (including phenoxy) is 1. The van der Waals surface area contributed by atoms with Crippen molar-refractivity contribution in [2.45, 2.75) is 6.61 Å². The lowest BCUT2D eigenvalue weighted by Crippen LogP contribution is -2.82. The Bertz CT molecular complexity index is 702. The summed E-state index contributed by atoms with van der Waals surface area (Å²) in [7, 11) is 1.74. The van der Waals surface area contributed by atoms with Crippen molar-refractivity contribution in [3.05, 3.63) is 63.6 Å². The maximum absolute atomic E-state index is 6.13. The monoisotopic (exact) mass is 368 g/mol. The van der Waals surface area contributed by atoms with Gasteiger partial charge in [-0.2, -0.15) is 0 Å². The number of benzene rings is 2. The summed E-state index contributed by atoms with van der Waals surface area (Å²) >= 11 is 17.2. The van der Waals surface area contributed by atoms with E-state index >= 15 is 0 Å². The average molecular weight is 369 g/mol. The topological polar surface area (TPSA) is 47.3 Å². The van der Waals surface area contributed by atoms with Gasteiger partial charge in [0.25, 0.3) is 0 Å². The van der Waals surface area contributed by atoms with Gasteiger partial charge < -0.3 is 10.1 Å². The average Bonchev–Trinajstić information content (AvgIpc) is 2.54. The Morgan fingerprint density at radius 3 is 2.61 bits per heavy atom. The molecule has 0 amide bonds. The second-order valence-electron chi connectivity index (χ2n) is 4.55. The molecule has 0 heterocycles. The van der Waals surface area contributed by atoms with Crippen molar-refractivity contribution < 1.29 is 9.84 Å². The van der Waals surface area contributed by atoms with Gasteiger partial charge in [-0.1, -0.05) is 35.3 Å². The Morgan fingerprint density at radius 2 is 1.91 bits per heavy atom. The highest BCUT2D eigenvalue weighted by molar-refractivity contribution is 7.80. The van der Waals surface area contributed by atoms with E-state index in [1.165, 1.54) is 0 Å². The molecule has 0 saturated heterocycles. The van der Waals surface area contributed by atoms with Crippen LogP contribution in [0.1, 0.15) is 11.1 Å². The van der Waals surface area contributed by atoms with Crippen LogP contribution in [0.5, 0.6) is 5.75 Å². The van der Waals surface area contributed by atoms with Crippen molar-refractivity contribution in [1.29, 1.82) is 0 Å². The first kappa shape index (κ1) is 17.5. The zero-order chi connectivity index (χ0) is 16.7. The molecule has 0 radical (unpaired) electrons. The standard InChI is InChI=1S/C16H15Cl2N3OS/c1-19-16(23)21-20-9-11-4-2-5-12(8-11)22-10-13-14(17)6-3-7-15(13)18/h2-9H,10H2,1H3,(H2,19,21,23)/p+1. The second-order valence-corrected chi connectivity index (χ2v) is 5.78. The Hall–Kier alpha value is -1.82. The minimum atomic E-state index is 0.303. The van der Waals surface area contributed by atoms with Gasteiger partial charge >= 0.3 is 0 Å². The number of hydrogen-bond acceptors (Lipinski definition) is 2. The first-order valence-electron chi connectivity index (χ1n) is 6.82. The largest absolute Gasteiger partial charge is 0.489 e. The van der Waals surface area contributed by atoms with Crippen LogP contribution >= 0.6 is 35.4 Å². The van der Waals surface area contributed by atoms with E-state index in [1.54, 1.807) is 31.5 Å². The summed E-state index contributed by atoms with van der Waals surface area (Å²) in [6.45, 7) is 0.303. The molecule has 3 N–H and O–H groups in total. The highest BCUT2D eigenvalue weighted by Crippen LogP contribution is 2.25. The van der Waals surface area contributed by atoms with Crippen LogP contribution < -0.4 is 20.6 Å². The van der Waals surface area contributed by atoms with Crippen molar-refractivity contribution >= 4 is 46.7 Å². The van der Waals surface area contributed by atoms with Crippen LogP contribution in [0.4, 0.5) is 0 Å². The number of nitrogens with one attached hydrogen (secondary N) is 3. The fourth-order valence-corrected chi connectivity index (χ4v) is 2.33. The van der Waals surface area contributed by atoms with E-state index in [-0.39, 0.29) is 0 Å². The molecular weight excluding hydrogens is 353 g/mol. The van der Waals surface area contributed by atoms with Gasteiger partial charge in [-0.15, -0.1) is 10.5 Å². The van der Waals surface area contributed by atoms with E-state index in [1.807, 2.05) is 24.3 Å². The van der Waals surface area contributed by atoms with Gasteiger partial charge in [0.1, 0.15) is 12.4 Å². The Morgan fingerprint density at radius 1 is 1.22 bits per heavy atom. The molecule has 0 aliphatic heterocycles. The van der Waals surface area contributed by atoms with Gasteiger partial charge in [-0.3, -0.25) is 0 Å². The summed E-state index contributed by atoms with van der Waals surface area (Å²) in [5.74, 6) is 0.715. The first-order chi connectivity index (χ1) is 11.1. The van der Waals surface area contributed by atoms with E-state index in [2.05, 4.69) is 15.8 Å². The van der Waals surface area contributed by atoms with Crippen LogP contribution in [0.15, 0.2) is 42.5 Å². The van der Waals surface area contributed by atoms with Gasteiger partial charge in [-0.05, 0) is 42.5 Å². The van der Waals surface area contributed by atoms with Crippen LogP contribution in [0.3, 0.4) is 0 Å². The summed E-state index contributed by atoms with van der Waals surface area (Å²) in [6.07, 6.45) is 1.78. The lowest BCUT2D eigenvalue weighted by Gasteiger charge is -2.09. The fourth-order valence-electron chi connectivity index (χ4n) is 1.77. The van der Waals surface area contributed by atoms with Crippen molar-refractivity contribution in [2.24, 2.45) is 0 Å². The number of hydrazone groups is 1. The van der Waals surface area contributed by atoms with E-state index in [0.717, 1.165) is 11.1 Å². The van der Waals surface area contributed by atoms with Crippen LogP contribution in [0.2, 0.25) is 10.0 Å². The predicted molar refractivity (Wildman–Crippen MR) is 98.2 cm³/mol. The number of thiocarbonyl (C=S) groups is 1. The molecule has 0 spiro atoms. The summed E-state index contributed by atoms with van der Waals surface area (Å²) in [4.78, 5) is 0. The van der Waals surface area contributed by atoms with E-state index in [0.29, 0.717) is 27.5 Å². The van der Waals surface area contributed by atoms with Crippen LogP contribution in [0, 0.1) is 0 Å². The molecule has 0 atom stereocenters. The van der Waals surface area contributed by atoms with Crippen molar-refractivity contribution in [3.63, 3.8) is 0 Å². The molecule has 2 aromatic carbocycles.